The van der Waals surface area contributed by atoms with E-state index in [4.69, 9.17) is 33.4 Å². The van der Waals surface area contributed by atoms with E-state index in [0.717, 1.165) is 85.1 Å². The Morgan fingerprint density at radius 3 is 1.09 bits per heavy atom. The van der Waals surface area contributed by atoms with Crippen molar-refractivity contribution in [2.24, 2.45) is 22.9 Å². The monoisotopic (exact) mass is 1640 g/mol. The number of hydrogen-bond acceptors (Lipinski definition) is 20. The zero-order valence-electron chi connectivity index (χ0n) is 53.5. The molecule has 0 saturated carbocycles. The third kappa shape index (κ3) is 35.5. The number of carbonyl (C=O) groups excluding carboxylic acids is 5. The van der Waals surface area contributed by atoms with Gasteiger partial charge < -0.3 is 33.0 Å². The maximum absolute atomic E-state index is 10.8. The summed E-state index contributed by atoms with van der Waals surface area (Å²) in [6.45, 7) is 6.38. The Labute approximate surface area is 606 Å². The van der Waals surface area contributed by atoms with E-state index >= 15 is 0 Å². The van der Waals surface area contributed by atoms with E-state index in [0.29, 0.717) is 24.8 Å². The smallest absolute Gasteiger partial charge is 0.423 e. The third-order valence-corrected chi connectivity index (χ3v) is 17.2. The molecule has 23 nitrogen and oxygen atoms in total. The molecule has 5 aromatic heterocycles. The average Bonchev–Trinajstić information content (AvgIpc) is 1.57. The van der Waals surface area contributed by atoms with Gasteiger partial charge in [0.05, 0.1) is 4.47 Å². The molecule has 10 N–H and O–H groups in total. The van der Waals surface area contributed by atoms with Crippen molar-refractivity contribution >= 4 is 117 Å². The molecule has 0 aliphatic carbocycles. The van der Waals surface area contributed by atoms with Crippen LogP contribution in [0.3, 0.4) is 0 Å². The first-order valence-corrected chi connectivity index (χ1v) is 34.5. The van der Waals surface area contributed by atoms with Gasteiger partial charge in [0.25, 0.3) is 0 Å². The molecule has 3 amide bonds. The summed E-state index contributed by atoms with van der Waals surface area (Å²) >= 11 is 7.21. The third-order valence-electron chi connectivity index (χ3n) is 11.9. The predicted octanol–water partition coefficient (Wildman–Crippen LogP) is 11.1. The van der Waals surface area contributed by atoms with Gasteiger partial charge in [0.15, 0.2) is 0 Å². The first kappa shape index (κ1) is 81.1. The van der Waals surface area contributed by atoms with Gasteiger partial charge in [-0.2, -0.15) is 0 Å². The quantitative estimate of drug-likeness (QED) is 0.0297. The number of aromatic nitrogens is 10. The number of primary amides is 3. The SMILES string of the molecule is Brc1ccc(-c2cncnc2)cc1.Brc1cncnc1.C=CC(N)=O.CC(=O)OI(OC(C)=O)c1ccccc1.NC(=O)/C=C/c1ccc(-c2cncnc2)cc1.NC(=O)CCc1ccc(-c2cncnc2)cc1.NCCc1ccc(-c2cncnc2)cc1.OB(O)c1ccc(Br)cc1. The fourth-order valence-corrected chi connectivity index (χ4v) is 10.8. The minimum Gasteiger partial charge on any atom is -0.423 e. The fourth-order valence-electron chi connectivity index (χ4n) is 7.30. The fraction of sp³-hybridized carbons (Fsp3) is 0.0845. The molecule has 508 valence electrons. The summed E-state index contributed by atoms with van der Waals surface area (Å²) in [5, 5.41) is 17.3. The van der Waals surface area contributed by atoms with E-state index in [2.05, 4.69) is 134 Å². The molecular weight excluding hydrogens is 1570 g/mol. The standard InChI is InChI=1S/C13H13N3O.C13H11N3O.C12H13N3.C10H7BrN2.C10H11IO4.C6H6BBrO2.C4H3BrN2.C3H5NO/c2*14-13(17)6-3-10-1-4-11(5-2-10)12-7-15-9-16-8-12;13-6-5-10-1-3-11(4-2-10)12-7-14-9-15-8-12;11-10-3-1-8(2-4-10)9-5-12-7-13-6-9;1-8(12)14-11(15-9(2)13)10-6-4-3-5-7-10;8-6-3-1-5(2-4-6)7(9)10;5-4-1-6-3-7-2-4;1-2-3(4)5/h1-2,4-5,7-9H,3,6H2,(H2,14,17);1-9H,(H2,14,17);1-4,7-9H,5-6,13H2;1-7H;3-7H,1-2H3;1-4,9-10H;1-3H;2H,1H2,(H2,4,5)/b;6-3+;;;;;;. The number of amides is 3. The van der Waals surface area contributed by atoms with E-state index in [9.17, 15) is 24.0 Å². The zero-order chi connectivity index (χ0) is 72.0. The Morgan fingerprint density at radius 2 is 0.788 bits per heavy atom. The number of halogens is 4. The maximum atomic E-state index is 10.8. The van der Waals surface area contributed by atoms with Gasteiger partial charge in [0, 0.05) is 106 Å². The number of carbonyl (C=O) groups is 5. The molecule has 0 bridgehead atoms. The summed E-state index contributed by atoms with van der Waals surface area (Å²) < 4.78 is 13.7. The van der Waals surface area contributed by atoms with Crippen molar-refractivity contribution in [3.05, 3.63) is 298 Å². The van der Waals surface area contributed by atoms with Gasteiger partial charge in [0.1, 0.15) is 31.6 Å². The number of nitrogens with two attached hydrogens (primary N) is 4. The predicted molar refractivity (Wildman–Crippen MR) is 402 cm³/mol. The summed E-state index contributed by atoms with van der Waals surface area (Å²) in [6.07, 6.45) is 31.2. The van der Waals surface area contributed by atoms with E-state index in [1.165, 1.54) is 57.1 Å². The molecule has 28 heteroatoms. The molecule has 0 aliphatic rings. The van der Waals surface area contributed by atoms with E-state index in [1.807, 2.05) is 103 Å². The van der Waals surface area contributed by atoms with Gasteiger partial charge in [0.2, 0.25) is 17.7 Å². The van der Waals surface area contributed by atoms with Crippen LogP contribution in [0.5, 0.6) is 0 Å². The second-order valence-corrected chi connectivity index (χ2v) is 25.6. The maximum Gasteiger partial charge on any atom is 0.488 e. The molecular formula is C71H69BBr3IN14O9. The van der Waals surface area contributed by atoms with Gasteiger partial charge in [-0.15, -0.1) is 0 Å². The largest absolute Gasteiger partial charge is 0.488 e. The van der Waals surface area contributed by atoms with Crippen molar-refractivity contribution in [2.75, 3.05) is 6.54 Å². The molecule has 6 aromatic carbocycles. The van der Waals surface area contributed by atoms with Gasteiger partial charge in [-0.25, -0.2) is 49.8 Å². The van der Waals surface area contributed by atoms with Crippen LogP contribution >= 0.6 is 68.4 Å². The minimum atomic E-state index is -2.59. The Hall–Kier alpha value is -10.3. The molecule has 0 unspecified atom stereocenters. The summed E-state index contributed by atoms with van der Waals surface area (Å²) in [7, 11) is -1.37. The molecule has 0 atom stereocenters. The summed E-state index contributed by atoms with van der Waals surface area (Å²) in [6, 6.07) is 47.9. The Balaban J connectivity index is 0.000000245. The van der Waals surface area contributed by atoms with E-state index < -0.39 is 51.5 Å². The van der Waals surface area contributed by atoms with Crippen LogP contribution in [0, 0.1) is 3.57 Å². The number of nitrogens with zero attached hydrogens (tertiary/aromatic N) is 10. The molecule has 0 saturated heterocycles. The van der Waals surface area contributed by atoms with Crippen LogP contribution < -0.4 is 28.4 Å². The second-order valence-electron chi connectivity index (χ2n) is 19.5. The van der Waals surface area contributed by atoms with Crippen molar-refractivity contribution in [1.82, 2.24) is 49.8 Å². The van der Waals surface area contributed by atoms with Gasteiger partial charge in [-0.05, 0) is 116 Å². The number of rotatable bonds is 16. The minimum absolute atomic E-state index is 0.273. The normalized spacial score (nSPS) is 9.88. The van der Waals surface area contributed by atoms with E-state index in [1.54, 1.807) is 92.0 Å². The van der Waals surface area contributed by atoms with Crippen LogP contribution in [-0.4, -0.2) is 103 Å². The molecule has 0 aliphatic heterocycles. The second kappa shape index (κ2) is 47.6. The van der Waals surface area contributed by atoms with Gasteiger partial charge in [-0.1, -0.05) is 136 Å². The molecule has 11 aromatic rings. The molecule has 99 heavy (non-hydrogen) atoms. The van der Waals surface area contributed by atoms with E-state index in [-0.39, 0.29) is 5.91 Å². The van der Waals surface area contributed by atoms with Crippen LogP contribution in [0.4, 0.5) is 0 Å². The molecule has 0 radical (unpaired) electrons. The summed E-state index contributed by atoms with van der Waals surface area (Å²) in [5.74, 6) is -2.06. The topological polar surface area (TPSA) is 377 Å². The zero-order valence-corrected chi connectivity index (χ0v) is 60.4. The Morgan fingerprint density at radius 1 is 0.455 bits per heavy atom. The first-order chi connectivity index (χ1) is 47.7. The van der Waals surface area contributed by atoms with Crippen LogP contribution in [0.15, 0.2) is 277 Å². The van der Waals surface area contributed by atoms with Gasteiger partial charge in [-0.3, -0.25) is 14.4 Å². The van der Waals surface area contributed by atoms with Crippen molar-refractivity contribution in [2.45, 2.75) is 33.1 Å². The van der Waals surface area contributed by atoms with Crippen molar-refractivity contribution < 1.29 is 40.2 Å². The molecule has 11 rings (SSSR count). The van der Waals surface area contributed by atoms with Gasteiger partial charge >= 0.3 is 103 Å². The van der Waals surface area contributed by atoms with Crippen LogP contribution in [0.1, 0.15) is 37.0 Å². The van der Waals surface area contributed by atoms with Crippen LogP contribution in [0.2, 0.25) is 0 Å². The van der Waals surface area contributed by atoms with Crippen molar-refractivity contribution in [3.8, 4) is 44.5 Å². The average molecular weight is 1640 g/mol. The molecule has 0 spiro atoms. The summed E-state index contributed by atoms with van der Waals surface area (Å²) in [5.41, 5.74) is 32.3. The van der Waals surface area contributed by atoms with Crippen LogP contribution in [-0.2, 0) is 42.9 Å². The first-order valence-electron chi connectivity index (χ1n) is 29.3. The molecule has 5 heterocycles. The van der Waals surface area contributed by atoms with Crippen LogP contribution in [0.25, 0.3) is 50.6 Å². The van der Waals surface area contributed by atoms with Crippen molar-refractivity contribution in [3.63, 3.8) is 0 Å². The summed E-state index contributed by atoms with van der Waals surface area (Å²) in [4.78, 5) is 91.6. The van der Waals surface area contributed by atoms with Crippen molar-refractivity contribution in [1.29, 1.82) is 0 Å². The number of aryl methyl sites for hydroxylation is 1. The molecule has 0 fully saturated rings. The Kier molecular flexibility index (Phi) is 39.0. The Bertz CT molecular complexity index is 4140. The number of benzene rings is 6. The number of hydrogen-bond donors (Lipinski definition) is 6.